The molecule has 1 aliphatic heterocycles. The molecule has 2 aliphatic rings. The predicted molar refractivity (Wildman–Crippen MR) is 97.6 cm³/mol. The molecule has 0 aromatic heterocycles. The van der Waals surface area contributed by atoms with E-state index in [-0.39, 0.29) is 46.4 Å². The summed E-state index contributed by atoms with van der Waals surface area (Å²) in [7, 11) is -2.36. The van der Waals surface area contributed by atoms with E-state index in [4.69, 9.17) is 0 Å². The fourth-order valence-electron chi connectivity index (χ4n) is 3.70. The monoisotopic (exact) mass is 454 g/mol. The van der Waals surface area contributed by atoms with Crippen LogP contribution in [0.25, 0.3) is 0 Å². The van der Waals surface area contributed by atoms with Crippen molar-refractivity contribution in [2.24, 2.45) is 5.92 Å². The van der Waals surface area contributed by atoms with Crippen molar-refractivity contribution in [1.29, 1.82) is 0 Å². The topological polar surface area (TPSA) is 40.6 Å². The normalized spacial score (nSPS) is 25.7. The Balaban J connectivity index is 2.12. The largest absolute Gasteiger partial charge is 0.365 e. The van der Waals surface area contributed by atoms with Gasteiger partial charge < -0.3 is 4.90 Å². The van der Waals surface area contributed by atoms with Crippen LogP contribution in [-0.2, 0) is 10.0 Å². The van der Waals surface area contributed by atoms with Crippen molar-refractivity contribution in [2.45, 2.75) is 56.0 Å². The summed E-state index contributed by atoms with van der Waals surface area (Å²) in [6.07, 6.45) is -0.0997. The van der Waals surface area contributed by atoms with Gasteiger partial charge in [-0.25, -0.2) is 21.6 Å². The lowest BCUT2D eigenvalue weighted by molar-refractivity contribution is -0.0862. The Bertz CT molecular complexity index is 808. The summed E-state index contributed by atoms with van der Waals surface area (Å²) in [6.45, 7) is 4.23. The number of anilines is 1. The molecule has 0 N–H and O–H groups in total. The van der Waals surface area contributed by atoms with E-state index < -0.39 is 27.8 Å². The van der Waals surface area contributed by atoms with Gasteiger partial charge in [-0.3, -0.25) is 0 Å². The van der Waals surface area contributed by atoms with Crippen molar-refractivity contribution in [3.05, 3.63) is 22.4 Å². The molecule has 0 bridgehead atoms. The maximum atomic E-state index is 14.2. The zero-order chi connectivity index (χ0) is 19.4. The van der Waals surface area contributed by atoms with Crippen LogP contribution in [-0.4, -0.2) is 44.3 Å². The number of fused-ring (bicyclic) bond motifs is 1. The van der Waals surface area contributed by atoms with Crippen LogP contribution >= 0.6 is 15.9 Å². The maximum absolute atomic E-state index is 14.2. The van der Waals surface area contributed by atoms with Crippen LogP contribution in [0.3, 0.4) is 0 Å². The van der Waals surface area contributed by atoms with Gasteiger partial charge in [0, 0.05) is 38.5 Å². The van der Waals surface area contributed by atoms with Crippen LogP contribution < -0.4 is 4.90 Å². The minimum Gasteiger partial charge on any atom is -0.365 e. The number of sulfonamides is 1. The first kappa shape index (κ1) is 19.9. The van der Waals surface area contributed by atoms with Crippen LogP contribution in [0, 0.1) is 11.7 Å². The van der Waals surface area contributed by atoms with Gasteiger partial charge in [-0.15, -0.1) is 0 Å². The second kappa shape index (κ2) is 6.67. The zero-order valence-corrected chi connectivity index (χ0v) is 17.2. The first-order valence-electron chi connectivity index (χ1n) is 8.54. The summed E-state index contributed by atoms with van der Waals surface area (Å²) < 4.78 is 68.6. The van der Waals surface area contributed by atoms with E-state index in [0.29, 0.717) is 6.42 Å². The number of benzene rings is 1. The average molecular weight is 455 g/mol. The van der Waals surface area contributed by atoms with E-state index in [1.807, 2.05) is 13.8 Å². The third-order valence-electron chi connectivity index (χ3n) is 5.14. The van der Waals surface area contributed by atoms with E-state index in [0.717, 1.165) is 6.07 Å². The molecular weight excluding hydrogens is 433 g/mol. The molecule has 0 saturated heterocycles. The fourth-order valence-corrected chi connectivity index (χ4v) is 5.76. The lowest BCUT2D eigenvalue weighted by Gasteiger charge is -2.44. The second-order valence-corrected chi connectivity index (χ2v) is 10.4. The molecule has 1 fully saturated rings. The molecule has 3 rings (SSSR count). The van der Waals surface area contributed by atoms with Crippen molar-refractivity contribution in [1.82, 2.24) is 4.31 Å². The smallest absolute Gasteiger partial charge is 0.252 e. The van der Waals surface area contributed by atoms with Gasteiger partial charge in [0.05, 0.1) is 10.2 Å². The van der Waals surface area contributed by atoms with E-state index >= 15 is 0 Å². The van der Waals surface area contributed by atoms with Gasteiger partial charge in [-0.2, -0.15) is 4.31 Å². The zero-order valence-electron chi connectivity index (χ0n) is 14.8. The van der Waals surface area contributed by atoms with Gasteiger partial charge in [0.15, 0.2) is 0 Å². The number of hydrogen-bond donors (Lipinski definition) is 0. The number of hydrogen-bond acceptors (Lipinski definition) is 3. The van der Waals surface area contributed by atoms with Crippen molar-refractivity contribution in [2.75, 3.05) is 18.5 Å². The van der Waals surface area contributed by atoms with Crippen LogP contribution in [0.15, 0.2) is 21.5 Å². The molecule has 26 heavy (non-hydrogen) atoms. The molecule has 1 aliphatic carbocycles. The molecule has 0 radical (unpaired) electrons. The summed E-state index contributed by atoms with van der Waals surface area (Å²) in [5, 5.41) is 0. The Labute approximate surface area is 160 Å². The highest BCUT2D eigenvalue weighted by Crippen LogP contribution is 2.45. The molecule has 1 atom stereocenters. The van der Waals surface area contributed by atoms with E-state index in [1.165, 1.54) is 17.4 Å². The number of likely N-dealkylation sites (N-methyl/N-ethyl adjacent to an activating group) is 1. The van der Waals surface area contributed by atoms with Crippen LogP contribution in [0.1, 0.15) is 33.1 Å². The molecule has 0 amide bonds. The summed E-state index contributed by atoms with van der Waals surface area (Å²) in [4.78, 5) is 1.62. The highest BCUT2D eigenvalue weighted by molar-refractivity contribution is 9.10. The minimum absolute atomic E-state index is 0.0365. The van der Waals surface area contributed by atoms with Crippen molar-refractivity contribution >= 4 is 31.6 Å². The van der Waals surface area contributed by atoms with E-state index in [9.17, 15) is 21.6 Å². The lowest BCUT2D eigenvalue weighted by atomic mass is 9.86. The molecule has 1 heterocycles. The summed E-state index contributed by atoms with van der Waals surface area (Å²) in [6, 6.07) is 1.50. The van der Waals surface area contributed by atoms with Gasteiger partial charge in [-0.05, 0) is 40.4 Å². The van der Waals surface area contributed by atoms with Crippen LogP contribution in [0.4, 0.5) is 18.9 Å². The third-order valence-corrected chi connectivity index (χ3v) is 7.69. The molecule has 146 valence electrons. The molecular formula is C17H22BrF3N2O2S. The number of alkyl halides is 2. The third kappa shape index (κ3) is 3.49. The van der Waals surface area contributed by atoms with Gasteiger partial charge in [0.2, 0.25) is 10.0 Å². The Kier molecular flexibility index (Phi) is 5.12. The van der Waals surface area contributed by atoms with Crippen molar-refractivity contribution in [3.63, 3.8) is 0 Å². The quantitative estimate of drug-likeness (QED) is 0.685. The first-order valence-corrected chi connectivity index (χ1v) is 10.8. The Morgan fingerprint density at radius 3 is 2.46 bits per heavy atom. The van der Waals surface area contributed by atoms with Crippen LogP contribution in [0.5, 0.6) is 0 Å². The van der Waals surface area contributed by atoms with Gasteiger partial charge in [0.25, 0.3) is 5.92 Å². The number of halogens is 4. The SMILES string of the molecule is CC(C)CC1CN(C2CC(F)(F)C2)c2cc(F)c(Br)cc2S(=O)(=O)N1C. The Morgan fingerprint density at radius 2 is 1.92 bits per heavy atom. The van der Waals surface area contributed by atoms with E-state index in [2.05, 4.69) is 15.9 Å². The number of rotatable bonds is 3. The second-order valence-electron chi connectivity index (χ2n) is 7.61. The average Bonchev–Trinajstić information content (AvgIpc) is 2.56. The fraction of sp³-hybridized carbons (Fsp3) is 0.647. The molecule has 0 spiro atoms. The first-order chi connectivity index (χ1) is 11.9. The van der Waals surface area contributed by atoms with Crippen molar-refractivity contribution in [3.8, 4) is 0 Å². The molecule has 9 heteroatoms. The van der Waals surface area contributed by atoms with Crippen molar-refractivity contribution < 1.29 is 21.6 Å². The summed E-state index contributed by atoms with van der Waals surface area (Å²) in [5.74, 6) is -3.13. The van der Waals surface area contributed by atoms with E-state index in [1.54, 1.807) is 4.90 Å². The lowest BCUT2D eigenvalue weighted by Crippen LogP contribution is -2.54. The number of nitrogens with zero attached hydrogens (tertiary/aromatic N) is 2. The highest BCUT2D eigenvalue weighted by Gasteiger charge is 2.50. The highest BCUT2D eigenvalue weighted by atomic mass is 79.9. The van der Waals surface area contributed by atoms with Crippen LogP contribution in [0.2, 0.25) is 0 Å². The predicted octanol–water partition coefficient (Wildman–Crippen LogP) is 4.24. The Hall–Kier alpha value is -0.800. The van der Waals surface area contributed by atoms with Gasteiger partial charge >= 0.3 is 0 Å². The molecule has 4 nitrogen and oxygen atoms in total. The van der Waals surface area contributed by atoms with Gasteiger partial charge in [0.1, 0.15) is 10.7 Å². The standard InChI is InChI=1S/C17H22BrF3N2O2S/c1-10(2)4-11-9-23(12-7-17(20,21)8-12)15-6-14(19)13(18)5-16(15)26(24,25)22(11)3/h5-6,10-12H,4,7-9H2,1-3H3. The molecule has 1 unspecified atom stereocenters. The molecule has 1 aromatic carbocycles. The molecule has 1 saturated carbocycles. The minimum atomic E-state index is -3.86. The maximum Gasteiger partial charge on any atom is 0.252 e. The summed E-state index contributed by atoms with van der Waals surface area (Å²) >= 11 is 3.04. The molecule has 1 aromatic rings. The Morgan fingerprint density at radius 1 is 1.31 bits per heavy atom. The van der Waals surface area contributed by atoms with Gasteiger partial charge in [-0.1, -0.05) is 13.8 Å². The summed E-state index contributed by atoms with van der Waals surface area (Å²) in [5.41, 5.74) is 0.171.